The molecule has 4 rings (SSSR count). The monoisotopic (exact) mass is 359 g/mol. The predicted octanol–water partition coefficient (Wildman–Crippen LogP) is 3.55. The Balaban J connectivity index is 1.29. The van der Waals surface area contributed by atoms with E-state index in [0.29, 0.717) is 0 Å². The first-order chi connectivity index (χ1) is 12.4. The molecular weight excluding hydrogens is 326 g/mol. The number of hydrogen-bond donors (Lipinski definition) is 0. The van der Waals surface area contributed by atoms with Crippen molar-refractivity contribution in [2.75, 3.05) is 62.2 Å². The van der Waals surface area contributed by atoms with Crippen LogP contribution in [0, 0.1) is 5.92 Å². The summed E-state index contributed by atoms with van der Waals surface area (Å²) in [5.74, 6) is 3.51. The van der Waals surface area contributed by atoms with E-state index >= 15 is 0 Å². The molecule has 0 spiro atoms. The summed E-state index contributed by atoms with van der Waals surface area (Å²) in [7, 11) is 0. The Bertz CT molecular complexity index is 530. The van der Waals surface area contributed by atoms with Crippen LogP contribution in [0.3, 0.4) is 0 Å². The first kappa shape index (κ1) is 17.7. The van der Waals surface area contributed by atoms with Crippen LogP contribution in [0.4, 0.5) is 5.69 Å². The lowest BCUT2D eigenvalue weighted by Gasteiger charge is -2.35. The minimum Gasteiger partial charge on any atom is -0.372 e. The van der Waals surface area contributed by atoms with E-state index in [1.807, 2.05) is 0 Å². The maximum Gasteiger partial charge on any atom is 0.0369 e. The van der Waals surface area contributed by atoms with Gasteiger partial charge in [-0.05, 0) is 62.4 Å². The zero-order valence-corrected chi connectivity index (χ0v) is 16.4. The Morgan fingerprint density at radius 2 is 1.64 bits per heavy atom. The fraction of sp³-hybridized carbons (Fsp3) is 0.714. The highest BCUT2D eigenvalue weighted by molar-refractivity contribution is 7.99. The number of piperidine rings is 1. The maximum atomic E-state index is 2.69. The average Bonchev–Trinajstić information content (AvgIpc) is 3.16. The summed E-state index contributed by atoms with van der Waals surface area (Å²) >= 11 is 2.09. The average molecular weight is 360 g/mol. The minimum atomic E-state index is 0.920. The predicted molar refractivity (Wildman–Crippen MR) is 110 cm³/mol. The molecule has 0 unspecified atom stereocenters. The van der Waals surface area contributed by atoms with Gasteiger partial charge >= 0.3 is 0 Å². The topological polar surface area (TPSA) is 9.72 Å². The number of rotatable bonds is 5. The van der Waals surface area contributed by atoms with E-state index in [1.54, 1.807) is 0 Å². The zero-order valence-electron chi connectivity index (χ0n) is 15.5. The van der Waals surface area contributed by atoms with E-state index in [9.17, 15) is 0 Å². The number of benzene rings is 1. The van der Waals surface area contributed by atoms with Crippen molar-refractivity contribution in [1.82, 2.24) is 9.80 Å². The van der Waals surface area contributed by atoms with Crippen molar-refractivity contribution in [3.05, 3.63) is 29.8 Å². The van der Waals surface area contributed by atoms with Gasteiger partial charge < -0.3 is 9.80 Å². The summed E-state index contributed by atoms with van der Waals surface area (Å²) in [6.45, 7) is 10.1. The van der Waals surface area contributed by atoms with Gasteiger partial charge in [0.1, 0.15) is 0 Å². The number of nitrogens with zero attached hydrogens (tertiary/aromatic N) is 3. The van der Waals surface area contributed by atoms with Gasteiger partial charge in [0, 0.05) is 56.5 Å². The molecule has 0 aliphatic carbocycles. The highest BCUT2D eigenvalue weighted by Gasteiger charge is 2.23. The third-order valence-electron chi connectivity index (χ3n) is 6.12. The summed E-state index contributed by atoms with van der Waals surface area (Å²) in [5.41, 5.74) is 2.94. The first-order valence-electron chi connectivity index (χ1n) is 10.2. The zero-order chi connectivity index (χ0) is 16.9. The van der Waals surface area contributed by atoms with E-state index in [-0.39, 0.29) is 0 Å². The maximum absolute atomic E-state index is 2.69. The van der Waals surface area contributed by atoms with Crippen LogP contribution >= 0.6 is 11.8 Å². The molecule has 25 heavy (non-hydrogen) atoms. The molecular formula is C21H33N3S. The van der Waals surface area contributed by atoms with Gasteiger partial charge in [-0.2, -0.15) is 11.8 Å². The van der Waals surface area contributed by atoms with Crippen LogP contribution in [0.2, 0.25) is 0 Å². The molecule has 4 heteroatoms. The first-order valence-corrected chi connectivity index (χ1v) is 11.4. The lowest BCUT2D eigenvalue weighted by molar-refractivity contribution is 0.249. The Hall–Kier alpha value is -0.710. The number of likely N-dealkylation sites (tertiary alicyclic amines) is 1. The summed E-state index contributed by atoms with van der Waals surface area (Å²) in [6, 6.07) is 9.34. The molecule has 3 nitrogen and oxygen atoms in total. The van der Waals surface area contributed by atoms with Crippen LogP contribution in [0.5, 0.6) is 0 Å². The Kier molecular flexibility index (Phi) is 6.22. The van der Waals surface area contributed by atoms with Gasteiger partial charge in [0.25, 0.3) is 0 Å². The van der Waals surface area contributed by atoms with Crippen LogP contribution in [0.15, 0.2) is 24.3 Å². The summed E-state index contributed by atoms with van der Waals surface area (Å²) < 4.78 is 0. The Morgan fingerprint density at radius 1 is 0.880 bits per heavy atom. The molecule has 138 valence electrons. The normalized spacial score (nSPS) is 24.1. The highest BCUT2D eigenvalue weighted by Crippen LogP contribution is 2.26. The second-order valence-corrected chi connectivity index (χ2v) is 9.22. The second kappa shape index (κ2) is 8.79. The van der Waals surface area contributed by atoms with Crippen molar-refractivity contribution in [2.45, 2.75) is 32.2 Å². The standard InChI is InChI=1S/C21H33N3S/c1-2-9-22(8-1)17-19-6-10-24(11-7-19)21-5-3-4-20(16-21)18-23-12-14-25-15-13-23/h3-5,16,19H,1-2,6-15,17-18H2. The van der Waals surface area contributed by atoms with Crippen LogP contribution in [-0.2, 0) is 6.54 Å². The van der Waals surface area contributed by atoms with E-state index in [2.05, 4.69) is 50.7 Å². The van der Waals surface area contributed by atoms with Gasteiger partial charge in [-0.3, -0.25) is 4.90 Å². The van der Waals surface area contributed by atoms with Crippen LogP contribution in [-0.4, -0.2) is 67.1 Å². The molecule has 3 fully saturated rings. The van der Waals surface area contributed by atoms with Crippen LogP contribution in [0.25, 0.3) is 0 Å². The second-order valence-electron chi connectivity index (χ2n) is 8.00. The van der Waals surface area contributed by atoms with Crippen LogP contribution in [0.1, 0.15) is 31.2 Å². The smallest absolute Gasteiger partial charge is 0.0369 e. The van der Waals surface area contributed by atoms with Crippen molar-refractivity contribution >= 4 is 17.4 Å². The van der Waals surface area contributed by atoms with Gasteiger partial charge in [0.05, 0.1) is 0 Å². The third-order valence-corrected chi connectivity index (χ3v) is 7.06. The lowest BCUT2D eigenvalue weighted by atomic mass is 9.95. The van der Waals surface area contributed by atoms with Gasteiger partial charge in [-0.15, -0.1) is 0 Å². The molecule has 3 heterocycles. The minimum absolute atomic E-state index is 0.920. The third kappa shape index (κ3) is 4.93. The van der Waals surface area contributed by atoms with Gasteiger partial charge in [-0.1, -0.05) is 12.1 Å². The quantitative estimate of drug-likeness (QED) is 0.795. The summed E-state index contributed by atoms with van der Waals surface area (Å²) in [5, 5.41) is 0. The largest absolute Gasteiger partial charge is 0.372 e. The molecule has 0 amide bonds. The lowest BCUT2D eigenvalue weighted by Crippen LogP contribution is -2.38. The molecule has 0 bridgehead atoms. The van der Waals surface area contributed by atoms with Crippen molar-refractivity contribution in [1.29, 1.82) is 0 Å². The molecule has 1 aromatic rings. The van der Waals surface area contributed by atoms with Crippen LogP contribution < -0.4 is 4.90 Å². The van der Waals surface area contributed by atoms with E-state index < -0.39 is 0 Å². The van der Waals surface area contributed by atoms with Gasteiger partial charge in [-0.25, -0.2) is 0 Å². The Labute approximate surface area is 157 Å². The van der Waals surface area contributed by atoms with Crippen molar-refractivity contribution in [3.63, 3.8) is 0 Å². The van der Waals surface area contributed by atoms with E-state index in [0.717, 1.165) is 12.5 Å². The fourth-order valence-corrected chi connectivity index (χ4v) is 5.55. The van der Waals surface area contributed by atoms with Gasteiger partial charge in [0.2, 0.25) is 0 Å². The highest BCUT2D eigenvalue weighted by atomic mass is 32.2. The number of thioether (sulfide) groups is 1. The molecule has 3 aliphatic heterocycles. The molecule has 0 radical (unpaired) electrons. The van der Waals surface area contributed by atoms with E-state index in [1.165, 1.54) is 94.3 Å². The molecule has 0 N–H and O–H groups in total. The molecule has 3 saturated heterocycles. The number of anilines is 1. The summed E-state index contributed by atoms with van der Waals surface area (Å²) in [4.78, 5) is 7.92. The molecule has 3 aliphatic rings. The number of hydrogen-bond acceptors (Lipinski definition) is 4. The molecule has 1 aromatic carbocycles. The molecule has 0 saturated carbocycles. The fourth-order valence-electron chi connectivity index (χ4n) is 4.57. The molecule has 0 atom stereocenters. The van der Waals surface area contributed by atoms with Gasteiger partial charge in [0.15, 0.2) is 0 Å². The summed E-state index contributed by atoms with van der Waals surface area (Å²) in [6.07, 6.45) is 5.57. The molecule has 0 aromatic heterocycles. The van der Waals surface area contributed by atoms with Crippen molar-refractivity contribution in [3.8, 4) is 0 Å². The Morgan fingerprint density at radius 3 is 2.40 bits per heavy atom. The van der Waals surface area contributed by atoms with Crippen molar-refractivity contribution in [2.24, 2.45) is 5.92 Å². The van der Waals surface area contributed by atoms with E-state index in [4.69, 9.17) is 0 Å². The SMILES string of the molecule is c1cc(CN2CCSCC2)cc(N2CCC(CN3CCCC3)CC2)c1. The van der Waals surface area contributed by atoms with Crippen molar-refractivity contribution < 1.29 is 0 Å².